The monoisotopic (exact) mass is 443 g/mol. The number of fused-ring (bicyclic) bond motifs is 1. The molecule has 0 aliphatic rings. The number of benzene rings is 2. The van der Waals surface area contributed by atoms with E-state index in [-0.39, 0.29) is 11.1 Å². The molecule has 0 fully saturated rings. The minimum atomic E-state index is -0.966. The van der Waals surface area contributed by atoms with Crippen molar-refractivity contribution in [2.75, 3.05) is 6.61 Å². The highest BCUT2D eigenvalue weighted by atomic mass is 32.1. The molecular weight excluding hydrogens is 422 g/mol. The van der Waals surface area contributed by atoms with E-state index in [1.807, 2.05) is 43.3 Å². The van der Waals surface area contributed by atoms with Crippen LogP contribution >= 0.6 is 11.3 Å². The van der Waals surface area contributed by atoms with Gasteiger partial charge in [0.05, 0.1) is 17.0 Å². The molecule has 4 rings (SSSR count). The number of thiazole rings is 1. The molecule has 160 valence electrons. The highest BCUT2D eigenvalue weighted by Crippen LogP contribution is 2.19. The van der Waals surface area contributed by atoms with Crippen LogP contribution in [0, 0.1) is 11.8 Å². The average Bonchev–Trinajstić information content (AvgIpc) is 3.21. The Hall–Kier alpha value is -3.82. The number of rotatable bonds is 6. The molecule has 0 unspecified atom stereocenters. The van der Waals surface area contributed by atoms with Crippen molar-refractivity contribution in [2.45, 2.75) is 19.8 Å². The quantitative estimate of drug-likeness (QED) is 0.441. The summed E-state index contributed by atoms with van der Waals surface area (Å²) in [6.07, 6.45) is 2.78. The van der Waals surface area contributed by atoms with Crippen LogP contribution < -0.4 is 10.3 Å². The Morgan fingerprint density at radius 2 is 1.84 bits per heavy atom. The number of carbonyl (C=O) groups is 1. The van der Waals surface area contributed by atoms with Gasteiger partial charge in [-0.1, -0.05) is 48.2 Å². The molecule has 0 atom stereocenters. The molecule has 1 N–H and O–H groups in total. The summed E-state index contributed by atoms with van der Waals surface area (Å²) in [7, 11) is 0. The molecule has 0 bridgehead atoms. The lowest BCUT2D eigenvalue weighted by Crippen LogP contribution is -2.16. The predicted molar refractivity (Wildman–Crippen MR) is 126 cm³/mol. The van der Waals surface area contributed by atoms with Gasteiger partial charge >= 0.3 is 5.97 Å². The van der Waals surface area contributed by atoms with Gasteiger partial charge in [0.15, 0.2) is 0 Å². The maximum atomic E-state index is 12.9. The molecule has 0 saturated carbocycles. The highest BCUT2D eigenvalue weighted by molar-refractivity contribution is 7.17. The van der Waals surface area contributed by atoms with E-state index in [1.54, 1.807) is 34.9 Å². The lowest BCUT2D eigenvalue weighted by atomic mass is 10.0. The fourth-order valence-electron chi connectivity index (χ4n) is 3.39. The second kappa shape index (κ2) is 9.54. The summed E-state index contributed by atoms with van der Waals surface area (Å²) in [5, 5.41) is 9.02. The van der Waals surface area contributed by atoms with Gasteiger partial charge in [-0.25, -0.2) is 4.79 Å². The van der Waals surface area contributed by atoms with E-state index in [0.717, 1.165) is 26.6 Å². The van der Waals surface area contributed by atoms with E-state index in [4.69, 9.17) is 9.84 Å². The van der Waals surface area contributed by atoms with Crippen LogP contribution in [0.5, 0.6) is 5.75 Å². The van der Waals surface area contributed by atoms with Crippen molar-refractivity contribution in [3.63, 3.8) is 0 Å². The molecule has 32 heavy (non-hydrogen) atoms. The van der Waals surface area contributed by atoms with Crippen LogP contribution in [0.1, 0.15) is 38.8 Å². The van der Waals surface area contributed by atoms with Crippen molar-refractivity contribution in [1.82, 2.24) is 4.40 Å². The Kier molecular flexibility index (Phi) is 6.39. The lowest BCUT2D eigenvalue weighted by Gasteiger charge is -2.06. The maximum Gasteiger partial charge on any atom is 0.335 e. The summed E-state index contributed by atoms with van der Waals surface area (Å²) in [6, 6.07) is 18.2. The van der Waals surface area contributed by atoms with Gasteiger partial charge in [-0.05, 0) is 36.8 Å². The van der Waals surface area contributed by atoms with Crippen molar-refractivity contribution in [3.05, 3.63) is 104 Å². The van der Waals surface area contributed by atoms with E-state index in [2.05, 4.69) is 11.8 Å². The Labute approximate surface area is 189 Å². The zero-order chi connectivity index (χ0) is 22.5. The van der Waals surface area contributed by atoms with Gasteiger partial charge < -0.3 is 9.84 Å². The number of para-hydroxylation sites is 1. The Bertz CT molecular complexity index is 1390. The summed E-state index contributed by atoms with van der Waals surface area (Å²) in [5.74, 6) is 6.22. The number of aromatic nitrogens is 1. The smallest absolute Gasteiger partial charge is 0.335 e. The molecule has 5 nitrogen and oxygen atoms in total. The Morgan fingerprint density at radius 1 is 1.06 bits per heavy atom. The molecule has 4 aromatic rings. The fraction of sp³-hybridized carbons (Fsp3) is 0.154. The van der Waals surface area contributed by atoms with E-state index < -0.39 is 5.97 Å². The molecule has 0 spiro atoms. The van der Waals surface area contributed by atoms with Crippen molar-refractivity contribution in [1.29, 1.82) is 0 Å². The van der Waals surface area contributed by atoms with Gasteiger partial charge in [-0.15, -0.1) is 11.3 Å². The van der Waals surface area contributed by atoms with Crippen molar-refractivity contribution >= 4 is 22.1 Å². The Balaban J connectivity index is 1.54. The van der Waals surface area contributed by atoms with E-state index in [1.165, 1.54) is 11.3 Å². The molecule has 2 heterocycles. The maximum absolute atomic E-state index is 12.9. The highest BCUT2D eigenvalue weighted by Gasteiger charge is 2.09. The minimum absolute atomic E-state index is 0.0872. The van der Waals surface area contributed by atoms with Crippen LogP contribution in [-0.2, 0) is 12.8 Å². The van der Waals surface area contributed by atoms with Gasteiger partial charge in [-0.2, -0.15) is 0 Å². The third-order valence-corrected chi connectivity index (χ3v) is 5.95. The standard InChI is InChI=1S/C26H21NO4S/c1-2-31-23-9-4-3-6-19(23)7-5-8-22-17-27-24(32-22)15-14-21(25(27)28)16-18-10-12-20(13-11-18)26(29)30/h3-4,6,9-15,17H,2,7,16H2,1H3,(H,29,30). The van der Waals surface area contributed by atoms with Crippen LogP contribution in [0.15, 0.2) is 71.7 Å². The van der Waals surface area contributed by atoms with Crippen LogP contribution in [0.25, 0.3) is 4.83 Å². The minimum Gasteiger partial charge on any atom is -0.494 e. The zero-order valence-corrected chi connectivity index (χ0v) is 18.3. The topological polar surface area (TPSA) is 68.0 Å². The molecule has 0 amide bonds. The first-order chi connectivity index (χ1) is 15.5. The SMILES string of the molecule is CCOc1ccccc1CC#Cc1cn2c(=O)c(Cc3ccc(C(=O)O)cc3)ccc2s1. The number of aromatic carboxylic acids is 1. The molecule has 2 aromatic carbocycles. The van der Waals surface area contributed by atoms with Crippen LogP contribution in [0.2, 0.25) is 0 Å². The van der Waals surface area contributed by atoms with Crippen LogP contribution in [0.4, 0.5) is 0 Å². The first kappa shape index (κ1) is 21.4. The molecule has 0 aliphatic heterocycles. The lowest BCUT2D eigenvalue weighted by molar-refractivity contribution is 0.0697. The van der Waals surface area contributed by atoms with Crippen LogP contribution in [0.3, 0.4) is 0 Å². The zero-order valence-electron chi connectivity index (χ0n) is 17.5. The third-order valence-electron chi connectivity index (χ3n) is 4.98. The Morgan fingerprint density at radius 3 is 2.59 bits per heavy atom. The van der Waals surface area contributed by atoms with Gasteiger partial charge in [0.1, 0.15) is 10.6 Å². The van der Waals surface area contributed by atoms with Crippen molar-refractivity contribution in [3.8, 4) is 17.6 Å². The largest absolute Gasteiger partial charge is 0.494 e. The summed E-state index contributed by atoms with van der Waals surface area (Å²) in [6.45, 7) is 2.56. The van der Waals surface area contributed by atoms with Crippen molar-refractivity contribution < 1.29 is 14.6 Å². The number of nitrogens with zero attached hydrogens (tertiary/aromatic N) is 1. The summed E-state index contributed by atoms with van der Waals surface area (Å²) in [5.41, 5.74) is 2.71. The molecule has 6 heteroatoms. The predicted octanol–water partition coefficient (Wildman–Crippen LogP) is 4.64. The summed E-state index contributed by atoms with van der Waals surface area (Å²) in [4.78, 5) is 25.6. The van der Waals surface area contributed by atoms with E-state index >= 15 is 0 Å². The van der Waals surface area contributed by atoms with Crippen molar-refractivity contribution in [2.24, 2.45) is 0 Å². The first-order valence-corrected chi connectivity index (χ1v) is 11.0. The fourth-order valence-corrected chi connectivity index (χ4v) is 4.27. The molecule has 0 saturated heterocycles. The molecule has 0 aliphatic carbocycles. The average molecular weight is 444 g/mol. The second-order valence-electron chi connectivity index (χ2n) is 7.17. The van der Waals surface area contributed by atoms with Gasteiger partial charge in [0.2, 0.25) is 0 Å². The third kappa shape index (κ3) is 4.74. The number of ether oxygens (including phenoxy) is 1. The van der Waals surface area contributed by atoms with E-state index in [0.29, 0.717) is 25.0 Å². The summed E-state index contributed by atoms with van der Waals surface area (Å²) >= 11 is 1.47. The van der Waals surface area contributed by atoms with E-state index in [9.17, 15) is 9.59 Å². The first-order valence-electron chi connectivity index (χ1n) is 10.2. The number of carboxylic acid groups (broad SMARTS) is 1. The normalized spacial score (nSPS) is 10.5. The molecule has 0 radical (unpaired) electrons. The molecular formula is C26H21NO4S. The molecule has 2 aromatic heterocycles. The number of hydrogen-bond acceptors (Lipinski definition) is 4. The van der Waals surface area contributed by atoms with Gasteiger partial charge in [-0.3, -0.25) is 9.20 Å². The van der Waals surface area contributed by atoms with Crippen LogP contribution in [-0.4, -0.2) is 22.1 Å². The number of pyridine rings is 1. The second-order valence-corrected chi connectivity index (χ2v) is 8.23. The summed E-state index contributed by atoms with van der Waals surface area (Å²) < 4.78 is 7.27. The van der Waals surface area contributed by atoms with Gasteiger partial charge in [0, 0.05) is 30.2 Å². The number of hydrogen-bond donors (Lipinski definition) is 1. The number of carboxylic acids is 1. The van der Waals surface area contributed by atoms with Gasteiger partial charge in [0.25, 0.3) is 5.56 Å².